The zero-order chi connectivity index (χ0) is 21.4. The number of fused-ring (bicyclic) bond motifs is 1. The van der Waals surface area contributed by atoms with Crippen LogP contribution in [0.2, 0.25) is 0 Å². The fourth-order valence-corrected chi connectivity index (χ4v) is 7.56. The molecule has 2 heterocycles. The number of methoxy groups -OCH3 is 2. The Morgan fingerprint density at radius 1 is 1.21 bits per heavy atom. The van der Waals surface area contributed by atoms with Gasteiger partial charge in [-0.3, -0.25) is 4.79 Å². The van der Waals surface area contributed by atoms with Crippen molar-refractivity contribution in [2.24, 2.45) is 10.4 Å². The zero-order valence-corrected chi connectivity index (χ0v) is 19.1. The first-order valence-corrected chi connectivity index (χ1v) is 12.2. The summed E-state index contributed by atoms with van der Waals surface area (Å²) in [6.45, 7) is 6.44. The van der Waals surface area contributed by atoms with Crippen LogP contribution in [0.4, 0.5) is 0 Å². The Morgan fingerprint density at radius 3 is 2.52 bits per heavy atom. The van der Waals surface area contributed by atoms with E-state index in [0.717, 1.165) is 5.56 Å². The quantitative estimate of drug-likeness (QED) is 0.696. The predicted octanol–water partition coefficient (Wildman–Crippen LogP) is 2.74. The number of amidine groups is 1. The highest BCUT2D eigenvalue weighted by Gasteiger charge is 2.48. The first-order chi connectivity index (χ1) is 13.5. The summed E-state index contributed by atoms with van der Waals surface area (Å²) in [6, 6.07) is 5.42. The standard InChI is InChI=1S/C20H28N2O5S2/c1-20(2,3)9-18(23)21-19-22(14-11-29(24,25)12-17(14)28-19)10-13-6-7-15(26-4)16(8-13)27-5/h6-8,14,17H,9-12H2,1-5H3. The van der Waals surface area contributed by atoms with Crippen molar-refractivity contribution >= 4 is 32.7 Å². The molecule has 2 atom stereocenters. The van der Waals surface area contributed by atoms with Crippen LogP contribution >= 0.6 is 11.8 Å². The van der Waals surface area contributed by atoms with Crippen molar-refractivity contribution < 1.29 is 22.7 Å². The van der Waals surface area contributed by atoms with E-state index in [1.165, 1.54) is 11.8 Å². The molecular formula is C20H28N2O5S2. The number of aliphatic imine (C=N–C) groups is 1. The lowest BCUT2D eigenvalue weighted by Crippen LogP contribution is -2.37. The molecule has 1 aromatic carbocycles. The predicted molar refractivity (Wildman–Crippen MR) is 115 cm³/mol. The molecule has 0 aromatic heterocycles. The van der Waals surface area contributed by atoms with E-state index in [1.807, 2.05) is 43.9 Å². The molecule has 160 valence electrons. The Bertz CT molecular complexity index is 921. The second kappa shape index (κ2) is 8.18. The van der Waals surface area contributed by atoms with Crippen molar-refractivity contribution in [3.05, 3.63) is 23.8 Å². The number of thioether (sulfide) groups is 1. The van der Waals surface area contributed by atoms with Gasteiger partial charge in [-0.1, -0.05) is 38.6 Å². The zero-order valence-electron chi connectivity index (χ0n) is 17.5. The molecule has 2 saturated heterocycles. The van der Waals surface area contributed by atoms with Crippen LogP contribution in [0, 0.1) is 5.41 Å². The van der Waals surface area contributed by atoms with Gasteiger partial charge >= 0.3 is 0 Å². The van der Waals surface area contributed by atoms with Crippen molar-refractivity contribution in [3.8, 4) is 11.5 Å². The van der Waals surface area contributed by atoms with Gasteiger partial charge in [-0.15, -0.1) is 0 Å². The number of amides is 1. The van der Waals surface area contributed by atoms with Crippen LogP contribution in [0.5, 0.6) is 11.5 Å². The van der Waals surface area contributed by atoms with E-state index < -0.39 is 9.84 Å². The van der Waals surface area contributed by atoms with Gasteiger partial charge in [0.05, 0.1) is 31.8 Å². The van der Waals surface area contributed by atoms with Crippen molar-refractivity contribution in [2.75, 3.05) is 25.7 Å². The summed E-state index contributed by atoms with van der Waals surface area (Å²) in [5.41, 5.74) is 0.779. The van der Waals surface area contributed by atoms with Gasteiger partial charge in [-0.25, -0.2) is 8.42 Å². The van der Waals surface area contributed by atoms with Crippen molar-refractivity contribution in [2.45, 2.75) is 45.0 Å². The number of carbonyl (C=O) groups excluding carboxylic acids is 1. The normalized spacial score (nSPS) is 24.6. The number of rotatable bonds is 5. The third kappa shape index (κ3) is 5.25. The van der Waals surface area contributed by atoms with E-state index in [-0.39, 0.29) is 34.1 Å². The minimum absolute atomic E-state index is 0.0877. The highest BCUT2D eigenvalue weighted by molar-refractivity contribution is 8.15. The molecule has 0 saturated carbocycles. The third-order valence-corrected chi connectivity index (χ3v) is 8.13. The first-order valence-electron chi connectivity index (χ1n) is 9.47. The Kier molecular flexibility index (Phi) is 6.19. The molecule has 0 spiro atoms. The molecule has 2 unspecified atom stereocenters. The maximum Gasteiger partial charge on any atom is 0.248 e. The van der Waals surface area contributed by atoms with E-state index in [0.29, 0.717) is 29.6 Å². The number of carbonyl (C=O) groups is 1. The largest absolute Gasteiger partial charge is 0.493 e. The minimum atomic E-state index is -3.08. The summed E-state index contributed by atoms with van der Waals surface area (Å²) in [6.07, 6.45) is 0.342. The van der Waals surface area contributed by atoms with Gasteiger partial charge in [0, 0.05) is 18.2 Å². The molecule has 9 heteroatoms. The number of ether oxygens (including phenoxy) is 2. The van der Waals surface area contributed by atoms with Gasteiger partial charge < -0.3 is 14.4 Å². The van der Waals surface area contributed by atoms with Crippen LogP contribution in [-0.2, 0) is 21.2 Å². The highest BCUT2D eigenvalue weighted by Crippen LogP contribution is 2.40. The molecule has 2 fully saturated rings. The van der Waals surface area contributed by atoms with Crippen molar-refractivity contribution in [1.29, 1.82) is 0 Å². The fraction of sp³-hybridized carbons (Fsp3) is 0.600. The van der Waals surface area contributed by atoms with Gasteiger partial charge in [-0.2, -0.15) is 4.99 Å². The molecule has 0 N–H and O–H groups in total. The summed E-state index contributed by atoms with van der Waals surface area (Å²) >= 11 is 1.40. The number of benzene rings is 1. The second-order valence-electron chi connectivity index (χ2n) is 8.64. The number of sulfone groups is 1. The van der Waals surface area contributed by atoms with Crippen LogP contribution in [0.15, 0.2) is 23.2 Å². The molecule has 2 aliphatic rings. The lowest BCUT2D eigenvalue weighted by molar-refractivity contribution is -0.119. The van der Waals surface area contributed by atoms with Gasteiger partial charge in [0.15, 0.2) is 26.5 Å². The van der Waals surface area contributed by atoms with Crippen LogP contribution < -0.4 is 9.47 Å². The summed E-state index contributed by atoms with van der Waals surface area (Å²) < 4.78 is 35.0. The molecule has 0 radical (unpaired) electrons. The molecule has 29 heavy (non-hydrogen) atoms. The maximum absolute atomic E-state index is 12.5. The second-order valence-corrected chi connectivity index (χ2v) is 12.0. The van der Waals surface area contributed by atoms with E-state index >= 15 is 0 Å². The van der Waals surface area contributed by atoms with Crippen molar-refractivity contribution in [1.82, 2.24) is 4.90 Å². The monoisotopic (exact) mass is 440 g/mol. The molecule has 2 aliphatic heterocycles. The lowest BCUT2D eigenvalue weighted by Gasteiger charge is -2.25. The van der Waals surface area contributed by atoms with Gasteiger partial charge in [-0.05, 0) is 23.1 Å². The molecule has 0 bridgehead atoms. The topological polar surface area (TPSA) is 85.3 Å². The molecule has 1 aromatic rings. The number of hydrogen-bond donors (Lipinski definition) is 0. The SMILES string of the molecule is COc1ccc(CN2C(=NC(=O)CC(C)(C)C)SC3CS(=O)(=O)CC32)cc1OC. The first kappa shape index (κ1) is 22.0. The average Bonchev–Trinajstić information content (AvgIpc) is 3.05. The van der Waals surface area contributed by atoms with E-state index in [4.69, 9.17) is 9.47 Å². The van der Waals surface area contributed by atoms with Crippen LogP contribution in [-0.4, -0.2) is 61.4 Å². The van der Waals surface area contributed by atoms with Gasteiger partial charge in [0.2, 0.25) is 5.91 Å². The lowest BCUT2D eigenvalue weighted by atomic mass is 9.92. The fourth-order valence-electron chi connectivity index (χ4n) is 3.60. The molecule has 0 aliphatic carbocycles. The van der Waals surface area contributed by atoms with Crippen molar-refractivity contribution in [3.63, 3.8) is 0 Å². The minimum Gasteiger partial charge on any atom is -0.493 e. The summed E-state index contributed by atoms with van der Waals surface area (Å²) in [5, 5.41) is 0.514. The Balaban J connectivity index is 1.89. The van der Waals surface area contributed by atoms with E-state index in [1.54, 1.807) is 14.2 Å². The van der Waals surface area contributed by atoms with Gasteiger partial charge in [0.1, 0.15) is 0 Å². The molecule has 1 amide bonds. The Labute approximate surface area is 176 Å². The molecular weight excluding hydrogens is 412 g/mol. The average molecular weight is 441 g/mol. The smallest absolute Gasteiger partial charge is 0.248 e. The third-order valence-electron chi connectivity index (χ3n) is 4.88. The van der Waals surface area contributed by atoms with Crippen LogP contribution in [0.1, 0.15) is 32.8 Å². The van der Waals surface area contributed by atoms with Crippen LogP contribution in [0.3, 0.4) is 0 Å². The van der Waals surface area contributed by atoms with Crippen LogP contribution in [0.25, 0.3) is 0 Å². The van der Waals surface area contributed by atoms with E-state index in [9.17, 15) is 13.2 Å². The summed E-state index contributed by atoms with van der Waals surface area (Å²) in [4.78, 5) is 18.8. The summed E-state index contributed by atoms with van der Waals surface area (Å²) in [5.74, 6) is 1.26. The Hall–Kier alpha value is -1.74. The molecule has 3 rings (SSSR count). The highest BCUT2D eigenvalue weighted by atomic mass is 32.2. The maximum atomic E-state index is 12.5. The van der Waals surface area contributed by atoms with E-state index in [2.05, 4.69) is 4.99 Å². The summed E-state index contributed by atoms with van der Waals surface area (Å²) in [7, 11) is 0.0699. The molecule has 7 nitrogen and oxygen atoms in total. The Morgan fingerprint density at radius 2 is 1.90 bits per heavy atom. The number of nitrogens with zero attached hydrogens (tertiary/aromatic N) is 2. The van der Waals surface area contributed by atoms with Gasteiger partial charge in [0.25, 0.3) is 0 Å². The number of hydrogen-bond acceptors (Lipinski definition) is 6.